The highest BCUT2D eigenvalue weighted by molar-refractivity contribution is 5.79. The first-order valence-electron chi connectivity index (χ1n) is 5.04. The Morgan fingerprint density at radius 3 is 3.00 bits per heavy atom. The van der Waals surface area contributed by atoms with E-state index in [0.717, 1.165) is 0 Å². The van der Waals surface area contributed by atoms with Crippen LogP contribution in [0.4, 0.5) is 0 Å². The van der Waals surface area contributed by atoms with E-state index in [2.05, 4.69) is 4.99 Å². The van der Waals surface area contributed by atoms with Crippen LogP contribution in [-0.4, -0.2) is 41.8 Å². The molecule has 0 amide bonds. The van der Waals surface area contributed by atoms with Gasteiger partial charge in [-0.15, -0.1) is 0 Å². The molecule has 1 heterocycles. The van der Waals surface area contributed by atoms with Gasteiger partial charge < -0.3 is 14.6 Å². The van der Waals surface area contributed by atoms with Gasteiger partial charge >= 0.3 is 5.97 Å². The van der Waals surface area contributed by atoms with Gasteiger partial charge in [0.05, 0.1) is 6.61 Å². The lowest BCUT2D eigenvalue weighted by atomic mass is 9.94. The van der Waals surface area contributed by atoms with Gasteiger partial charge in [0, 0.05) is 19.9 Å². The average Bonchev–Trinajstić information content (AvgIpc) is 2.16. The van der Waals surface area contributed by atoms with Gasteiger partial charge in [-0.05, 0) is 13.8 Å². The monoisotopic (exact) mass is 215 g/mol. The Kier molecular flexibility index (Phi) is 3.68. The maximum Gasteiger partial charge on any atom is 0.339 e. The number of hydrogen-bond acceptors (Lipinski definition) is 5. The van der Waals surface area contributed by atoms with Crippen molar-refractivity contribution < 1.29 is 19.4 Å². The maximum absolute atomic E-state index is 11.4. The molecule has 0 bridgehead atoms. The number of ether oxygens (including phenoxy) is 2. The molecule has 0 aliphatic carbocycles. The van der Waals surface area contributed by atoms with Crippen molar-refractivity contribution in [1.82, 2.24) is 0 Å². The third-order valence-electron chi connectivity index (χ3n) is 2.41. The van der Waals surface area contributed by atoms with Gasteiger partial charge in [-0.1, -0.05) is 0 Å². The Bertz CT molecular complexity index is 277. The smallest absolute Gasteiger partial charge is 0.339 e. The van der Waals surface area contributed by atoms with Crippen LogP contribution in [0.15, 0.2) is 4.99 Å². The molecular weight excluding hydrogens is 198 g/mol. The van der Waals surface area contributed by atoms with Crippen molar-refractivity contribution in [3.8, 4) is 0 Å². The number of esters is 1. The van der Waals surface area contributed by atoms with Crippen LogP contribution in [0.2, 0.25) is 0 Å². The molecule has 0 aromatic carbocycles. The summed E-state index contributed by atoms with van der Waals surface area (Å²) < 4.78 is 10.2. The molecule has 1 rings (SSSR count). The molecule has 1 aliphatic rings. The van der Waals surface area contributed by atoms with Gasteiger partial charge in [0.1, 0.15) is 5.60 Å². The molecular formula is C10H17NO4. The molecule has 1 aliphatic heterocycles. The summed E-state index contributed by atoms with van der Waals surface area (Å²) in [6.07, 6.45) is -0.757. The van der Waals surface area contributed by atoms with E-state index in [9.17, 15) is 9.90 Å². The van der Waals surface area contributed by atoms with Crippen LogP contribution in [0, 0.1) is 0 Å². The second kappa shape index (κ2) is 4.61. The topological polar surface area (TPSA) is 68.1 Å². The Labute approximate surface area is 89.1 Å². The normalized spacial score (nSPS) is 27.6. The number of aliphatic imine (C=N–C) groups is 1. The van der Waals surface area contributed by atoms with Crippen LogP contribution in [-0.2, 0) is 14.3 Å². The summed E-state index contributed by atoms with van der Waals surface area (Å²) in [6, 6.07) is 0. The number of carbonyl (C=O) groups is 1. The highest BCUT2D eigenvalue weighted by Gasteiger charge is 2.42. The maximum atomic E-state index is 11.4. The van der Waals surface area contributed by atoms with Crippen molar-refractivity contribution in [2.75, 3.05) is 13.2 Å². The molecule has 86 valence electrons. The SMILES string of the molecule is CCOC(=O)[C@@H](O)[C@]1(C)CCN=C(C)O1. The van der Waals surface area contributed by atoms with E-state index in [1.165, 1.54) is 0 Å². The minimum Gasteiger partial charge on any atom is -0.472 e. The fraction of sp³-hybridized carbons (Fsp3) is 0.800. The van der Waals surface area contributed by atoms with Crippen molar-refractivity contribution in [3.63, 3.8) is 0 Å². The Morgan fingerprint density at radius 2 is 2.47 bits per heavy atom. The molecule has 15 heavy (non-hydrogen) atoms. The first kappa shape index (κ1) is 12.0. The Hall–Kier alpha value is -1.10. The lowest BCUT2D eigenvalue weighted by Gasteiger charge is -2.35. The molecule has 0 fully saturated rings. The van der Waals surface area contributed by atoms with Crippen LogP contribution >= 0.6 is 0 Å². The number of nitrogens with zero attached hydrogens (tertiary/aromatic N) is 1. The summed E-state index contributed by atoms with van der Waals surface area (Å²) in [6.45, 7) is 5.89. The number of aliphatic hydroxyl groups is 1. The molecule has 0 saturated heterocycles. The third kappa shape index (κ3) is 2.68. The van der Waals surface area contributed by atoms with Gasteiger partial charge in [0.15, 0.2) is 12.0 Å². The number of rotatable bonds is 3. The zero-order valence-corrected chi connectivity index (χ0v) is 9.32. The number of hydrogen-bond donors (Lipinski definition) is 1. The molecule has 0 aromatic heterocycles. The van der Waals surface area contributed by atoms with Gasteiger partial charge in [0.2, 0.25) is 0 Å². The summed E-state index contributed by atoms with van der Waals surface area (Å²) in [5, 5.41) is 9.80. The minimum atomic E-state index is -1.26. The lowest BCUT2D eigenvalue weighted by Crippen LogP contribution is -2.50. The zero-order chi connectivity index (χ0) is 11.5. The molecule has 0 spiro atoms. The molecule has 0 saturated carbocycles. The molecule has 5 heteroatoms. The molecule has 5 nitrogen and oxygen atoms in total. The predicted molar refractivity (Wildman–Crippen MR) is 54.7 cm³/mol. The van der Waals surface area contributed by atoms with Crippen LogP contribution in [0.5, 0.6) is 0 Å². The average molecular weight is 215 g/mol. The Balaban J connectivity index is 2.69. The Morgan fingerprint density at radius 1 is 1.80 bits per heavy atom. The summed E-state index contributed by atoms with van der Waals surface area (Å²) in [5.41, 5.74) is -0.919. The fourth-order valence-corrected chi connectivity index (χ4v) is 1.52. The highest BCUT2D eigenvalue weighted by Crippen LogP contribution is 2.25. The zero-order valence-electron chi connectivity index (χ0n) is 9.32. The van der Waals surface area contributed by atoms with Crippen molar-refractivity contribution in [2.45, 2.75) is 38.9 Å². The van der Waals surface area contributed by atoms with E-state index in [4.69, 9.17) is 9.47 Å². The minimum absolute atomic E-state index is 0.249. The van der Waals surface area contributed by atoms with E-state index in [0.29, 0.717) is 18.9 Å². The first-order valence-corrected chi connectivity index (χ1v) is 5.04. The molecule has 0 radical (unpaired) electrons. The van der Waals surface area contributed by atoms with E-state index in [1.807, 2.05) is 0 Å². The number of aliphatic hydroxyl groups excluding tert-OH is 1. The summed E-state index contributed by atoms with van der Waals surface area (Å²) in [4.78, 5) is 15.4. The van der Waals surface area contributed by atoms with E-state index in [1.54, 1.807) is 20.8 Å². The van der Waals surface area contributed by atoms with Crippen LogP contribution in [0.1, 0.15) is 27.2 Å². The van der Waals surface area contributed by atoms with Gasteiger partial charge in [-0.25, -0.2) is 4.79 Å². The lowest BCUT2D eigenvalue weighted by molar-refractivity contribution is -0.167. The largest absolute Gasteiger partial charge is 0.472 e. The molecule has 2 atom stereocenters. The van der Waals surface area contributed by atoms with Gasteiger partial charge in [-0.2, -0.15) is 0 Å². The molecule has 0 unspecified atom stereocenters. The van der Waals surface area contributed by atoms with Gasteiger partial charge in [0.25, 0.3) is 0 Å². The van der Waals surface area contributed by atoms with E-state index >= 15 is 0 Å². The van der Waals surface area contributed by atoms with Crippen molar-refractivity contribution >= 4 is 11.9 Å². The highest BCUT2D eigenvalue weighted by atomic mass is 16.6. The number of carbonyl (C=O) groups excluding carboxylic acids is 1. The summed E-state index contributed by atoms with van der Waals surface area (Å²) >= 11 is 0. The van der Waals surface area contributed by atoms with E-state index < -0.39 is 17.7 Å². The fourth-order valence-electron chi connectivity index (χ4n) is 1.52. The van der Waals surface area contributed by atoms with E-state index in [-0.39, 0.29) is 6.61 Å². The second-order valence-electron chi connectivity index (χ2n) is 3.72. The standard InChI is InChI=1S/C10H17NO4/c1-4-14-9(13)8(12)10(3)5-6-11-7(2)15-10/h8,12H,4-6H2,1-3H3/t8-,10+/m1/s1. The third-order valence-corrected chi connectivity index (χ3v) is 2.41. The summed E-state index contributed by atoms with van der Waals surface area (Å²) in [7, 11) is 0. The van der Waals surface area contributed by atoms with Crippen molar-refractivity contribution in [1.29, 1.82) is 0 Å². The van der Waals surface area contributed by atoms with Crippen LogP contribution < -0.4 is 0 Å². The van der Waals surface area contributed by atoms with Crippen LogP contribution in [0.3, 0.4) is 0 Å². The first-order chi connectivity index (χ1) is 6.99. The second-order valence-corrected chi connectivity index (χ2v) is 3.72. The van der Waals surface area contributed by atoms with Gasteiger partial charge in [-0.3, -0.25) is 4.99 Å². The van der Waals surface area contributed by atoms with Crippen molar-refractivity contribution in [2.24, 2.45) is 4.99 Å². The van der Waals surface area contributed by atoms with Crippen molar-refractivity contribution in [3.05, 3.63) is 0 Å². The quantitative estimate of drug-likeness (QED) is 0.696. The predicted octanol–water partition coefficient (Wildman–Crippen LogP) is 0.508. The summed E-state index contributed by atoms with van der Waals surface area (Å²) in [5.74, 6) is -0.151. The van der Waals surface area contributed by atoms with Crippen LogP contribution in [0.25, 0.3) is 0 Å². The molecule has 1 N–H and O–H groups in total. The molecule has 0 aromatic rings.